The summed E-state index contributed by atoms with van der Waals surface area (Å²) in [4.78, 5) is 22.5. The molecule has 0 saturated carbocycles. The first kappa shape index (κ1) is 12.9. The zero-order chi connectivity index (χ0) is 12.0. The highest BCUT2D eigenvalue weighted by Gasteiger charge is 2.25. The largest absolute Gasteiger partial charge is 0.480 e. The lowest BCUT2D eigenvalue weighted by atomic mass is 9.98. The summed E-state index contributed by atoms with van der Waals surface area (Å²) in [6.45, 7) is 1.25. The third-order valence-electron chi connectivity index (χ3n) is 2.70. The molecular weight excluding hydrogens is 212 g/mol. The van der Waals surface area contributed by atoms with Gasteiger partial charge < -0.3 is 20.8 Å². The van der Waals surface area contributed by atoms with Crippen LogP contribution in [0.2, 0.25) is 0 Å². The first-order chi connectivity index (χ1) is 7.65. The fourth-order valence-corrected chi connectivity index (χ4v) is 1.75. The van der Waals surface area contributed by atoms with Crippen molar-refractivity contribution in [2.45, 2.75) is 25.3 Å². The minimum atomic E-state index is -1.11. The number of carboxylic acid groups (broad SMARTS) is 1. The van der Waals surface area contributed by atoms with Crippen molar-refractivity contribution in [3.05, 3.63) is 0 Å². The van der Waals surface area contributed by atoms with Gasteiger partial charge in [-0.15, -0.1) is 0 Å². The number of carbonyl (C=O) groups is 2. The number of piperidine rings is 1. The van der Waals surface area contributed by atoms with Gasteiger partial charge in [0, 0.05) is 19.6 Å². The van der Waals surface area contributed by atoms with Crippen LogP contribution in [0.1, 0.15) is 19.3 Å². The Bertz CT molecular complexity index is 251. The highest BCUT2D eigenvalue weighted by molar-refractivity contribution is 5.85. The Labute approximate surface area is 94.0 Å². The zero-order valence-corrected chi connectivity index (χ0v) is 9.11. The molecule has 0 aromatic rings. The summed E-state index contributed by atoms with van der Waals surface area (Å²) in [5, 5.41) is 23.0. The number of amides is 1. The molecule has 1 heterocycles. The molecule has 16 heavy (non-hydrogen) atoms. The minimum absolute atomic E-state index is 0.0429. The number of aliphatic carboxylic acids is 1. The Morgan fingerprint density at radius 3 is 2.75 bits per heavy atom. The molecule has 6 heteroatoms. The van der Waals surface area contributed by atoms with Gasteiger partial charge in [0.2, 0.25) is 5.91 Å². The molecule has 1 fully saturated rings. The van der Waals surface area contributed by atoms with E-state index in [4.69, 9.17) is 10.2 Å². The summed E-state index contributed by atoms with van der Waals surface area (Å²) in [5.41, 5.74) is 0. The molecule has 1 saturated heterocycles. The van der Waals surface area contributed by atoms with E-state index in [1.165, 1.54) is 0 Å². The lowest BCUT2D eigenvalue weighted by molar-refractivity contribution is -0.143. The molecule has 1 aliphatic heterocycles. The average molecular weight is 230 g/mol. The summed E-state index contributed by atoms with van der Waals surface area (Å²) in [6, 6.07) is -0.987. The summed E-state index contributed by atoms with van der Waals surface area (Å²) in [7, 11) is 0. The van der Waals surface area contributed by atoms with E-state index in [0.717, 1.165) is 19.4 Å². The van der Waals surface area contributed by atoms with Crippen LogP contribution in [0.5, 0.6) is 0 Å². The van der Waals surface area contributed by atoms with E-state index in [0.29, 0.717) is 6.54 Å². The van der Waals surface area contributed by atoms with Gasteiger partial charge >= 0.3 is 5.97 Å². The molecule has 0 bridgehead atoms. The summed E-state index contributed by atoms with van der Waals surface area (Å²) in [5.74, 6) is -1.51. The van der Waals surface area contributed by atoms with Crippen molar-refractivity contribution in [1.82, 2.24) is 10.6 Å². The highest BCUT2D eigenvalue weighted by Crippen LogP contribution is 2.10. The molecule has 0 aliphatic carbocycles. The Morgan fingerprint density at radius 2 is 2.25 bits per heavy atom. The highest BCUT2D eigenvalue weighted by atomic mass is 16.4. The topological polar surface area (TPSA) is 98.7 Å². The first-order valence-corrected chi connectivity index (χ1v) is 5.50. The quantitative estimate of drug-likeness (QED) is 0.482. The van der Waals surface area contributed by atoms with Gasteiger partial charge in [0.15, 0.2) is 0 Å². The second kappa shape index (κ2) is 6.44. The van der Waals surface area contributed by atoms with Crippen LogP contribution in [0, 0.1) is 5.92 Å². The van der Waals surface area contributed by atoms with E-state index in [-0.39, 0.29) is 24.9 Å². The number of rotatable bonds is 5. The van der Waals surface area contributed by atoms with Crippen LogP contribution in [0.3, 0.4) is 0 Å². The SMILES string of the molecule is O=C(N[C@H](CCO)C(=O)O)C1CCCNC1. The molecule has 92 valence electrons. The molecule has 0 radical (unpaired) electrons. The van der Waals surface area contributed by atoms with Crippen LogP contribution in [0.25, 0.3) is 0 Å². The summed E-state index contributed by atoms with van der Waals surface area (Å²) < 4.78 is 0. The molecule has 1 amide bonds. The summed E-state index contributed by atoms with van der Waals surface area (Å²) in [6.07, 6.45) is 1.75. The predicted octanol–water partition coefficient (Wildman–Crippen LogP) is -1.06. The van der Waals surface area contributed by atoms with Crippen molar-refractivity contribution in [2.24, 2.45) is 5.92 Å². The van der Waals surface area contributed by atoms with Crippen LogP contribution in [0.4, 0.5) is 0 Å². The number of carboxylic acids is 1. The van der Waals surface area contributed by atoms with Crippen molar-refractivity contribution in [3.8, 4) is 0 Å². The maximum Gasteiger partial charge on any atom is 0.326 e. The second-order valence-corrected chi connectivity index (χ2v) is 3.95. The zero-order valence-electron chi connectivity index (χ0n) is 9.11. The molecule has 0 aromatic heterocycles. The van der Waals surface area contributed by atoms with Crippen LogP contribution in [0.15, 0.2) is 0 Å². The van der Waals surface area contributed by atoms with Crippen molar-refractivity contribution in [1.29, 1.82) is 0 Å². The fraction of sp³-hybridized carbons (Fsp3) is 0.800. The maximum atomic E-state index is 11.7. The van der Waals surface area contributed by atoms with Crippen molar-refractivity contribution in [3.63, 3.8) is 0 Å². The van der Waals surface area contributed by atoms with Crippen LogP contribution in [-0.4, -0.2) is 47.8 Å². The number of carbonyl (C=O) groups excluding carboxylic acids is 1. The average Bonchev–Trinajstić information content (AvgIpc) is 2.29. The van der Waals surface area contributed by atoms with E-state index < -0.39 is 12.0 Å². The fourth-order valence-electron chi connectivity index (χ4n) is 1.75. The van der Waals surface area contributed by atoms with E-state index >= 15 is 0 Å². The van der Waals surface area contributed by atoms with Gasteiger partial charge in [-0.05, 0) is 19.4 Å². The summed E-state index contributed by atoms with van der Waals surface area (Å²) >= 11 is 0. The molecule has 1 aliphatic rings. The second-order valence-electron chi connectivity index (χ2n) is 3.95. The van der Waals surface area contributed by atoms with Crippen LogP contribution >= 0.6 is 0 Å². The molecule has 2 atom stereocenters. The Morgan fingerprint density at radius 1 is 1.50 bits per heavy atom. The van der Waals surface area contributed by atoms with Crippen LogP contribution < -0.4 is 10.6 Å². The number of aliphatic hydroxyl groups is 1. The normalized spacial score (nSPS) is 22.4. The number of hydrogen-bond acceptors (Lipinski definition) is 4. The molecule has 4 N–H and O–H groups in total. The van der Waals surface area contributed by atoms with E-state index in [2.05, 4.69) is 10.6 Å². The van der Waals surface area contributed by atoms with E-state index in [1.54, 1.807) is 0 Å². The molecule has 0 aromatic carbocycles. The first-order valence-electron chi connectivity index (χ1n) is 5.50. The molecule has 0 spiro atoms. The van der Waals surface area contributed by atoms with Gasteiger partial charge in [-0.1, -0.05) is 0 Å². The van der Waals surface area contributed by atoms with Gasteiger partial charge in [0.05, 0.1) is 5.92 Å². The van der Waals surface area contributed by atoms with Gasteiger partial charge in [-0.3, -0.25) is 4.79 Å². The Hall–Kier alpha value is -1.14. The third kappa shape index (κ3) is 3.79. The minimum Gasteiger partial charge on any atom is -0.480 e. The van der Waals surface area contributed by atoms with E-state index in [1.807, 2.05) is 0 Å². The standard InChI is InChI=1S/C10H18N2O4/c13-5-3-8(10(15)16)12-9(14)7-2-1-4-11-6-7/h7-8,11,13H,1-6H2,(H,12,14)(H,15,16)/t7?,8-/m1/s1. The predicted molar refractivity (Wildman–Crippen MR) is 56.9 cm³/mol. The van der Waals surface area contributed by atoms with Crippen LogP contribution in [-0.2, 0) is 9.59 Å². The van der Waals surface area contributed by atoms with Gasteiger partial charge in [0.1, 0.15) is 6.04 Å². The monoisotopic (exact) mass is 230 g/mol. The van der Waals surface area contributed by atoms with E-state index in [9.17, 15) is 9.59 Å². The maximum absolute atomic E-state index is 11.7. The van der Waals surface area contributed by atoms with Gasteiger partial charge in [-0.2, -0.15) is 0 Å². The van der Waals surface area contributed by atoms with Crippen molar-refractivity contribution < 1.29 is 19.8 Å². The lowest BCUT2D eigenvalue weighted by Gasteiger charge is -2.23. The van der Waals surface area contributed by atoms with Gasteiger partial charge in [0.25, 0.3) is 0 Å². The number of aliphatic hydroxyl groups excluding tert-OH is 1. The number of hydrogen-bond donors (Lipinski definition) is 4. The van der Waals surface area contributed by atoms with Gasteiger partial charge in [-0.25, -0.2) is 4.79 Å². The third-order valence-corrected chi connectivity index (χ3v) is 2.70. The Balaban J connectivity index is 2.43. The lowest BCUT2D eigenvalue weighted by Crippen LogP contribution is -2.47. The van der Waals surface area contributed by atoms with Crippen molar-refractivity contribution >= 4 is 11.9 Å². The molecule has 1 unspecified atom stereocenters. The molecular formula is C10H18N2O4. The smallest absolute Gasteiger partial charge is 0.326 e. The number of nitrogens with one attached hydrogen (secondary N) is 2. The molecule has 6 nitrogen and oxygen atoms in total. The Kier molecular flexibility index (Phi) is 5.21. The molecule has 1 rings (SSSR count). The van der Waals surface area contributed by atoms with Crippen molar-refractivity contribution in [2.75, 3.05) is 19.7 Å².